The number of rotatable bonds is 3. The van der Waals surface area contributed by atoms with Crippen molar-refractivity contribution >= 4 is 23.2 Å². The maximum Gasteiger partial charge on any atom is 0.128 e. The van der Waals surface area contributed by atoms with Gasteiger partial charge in [0.05, 0.1) is 0 Å². The molecule has 3 N–H and O–H groups in total. The molecule has 0 aliphatic rings. The average Bonchev–Trinajstić information content (AvgIpc) is 2.29. The molecule has 2 aromatic rings. The second-order valence-electron chi connectivity index (χ2n) is 3.87. The Morgan fingerprint density at radius 2 is 1.88 bits per heavy atom. The zero-order chi connectivity index (χ0) is 12.3. The third-order valence-electron chi connectivity index (χ3n) is 2.51. The SMILES string of the molecule is CC(Nc1cccc(N)n1)c1ccc(Cl)cc1. The summed E-state index contributed by atoms with van der Waals surface area (Å²) in [5, 5.41) is 4.02. The maximum absolute atomic E-state index is 5.85. The predicted molar refractivity (Wildman–Crippen MR) is 72.1 cm³/mol. The highest BCUT2D eigenvalue weighted by Gasteiger charge is 2.05. The van der Waals surface area contributed by atoms with E-state index in [0.29, 0.717) is 5.82 Å². The molecule has 4 heteroatoms. The molecule has 0 saturated carbocycles. The molecular formula is C13H14ClN3. The van der Waals surface area contributed by atoms with Crippen molar-refractivity contribution in [1.29, 1.82) is 0 Å². The summed E-state index contributed by atoms with van der Waals surface area (Å²) in [6, 6.07) is 13.4. The van der Waals surface area contributed by atoms with E-state index in [4.69, 9.17) is 17.3 Å². The molecule has 3 nitrogen and oxygen atoms in total. The molecule has 1 heterocycles. The summed E-state index contributed by atoms with van der Waals surface area (Å²) < 4.78 is 0. The molecule has 0 fully saturated rings. The van der Waals surface area contributed by atoms with Gasteiger partial charge in [0.15, 0.2) is 0 Å². The van der Waals surface area contributed by atoms with Crippen LogP contribution in [0.2, 0.25) is 5.02 Å². The fourth-order valence-electron chi connectivity index (χ4n) is 1.59. The van der Waals surface area contributed by atoms with Crippen molar-refractivity contribution < 1.29 is 0 Å². The van der Waals surface area contributed by atoms with Crippen molar-refractivity contribution in [2.24, 2.45) is 0 Å². The van der Waals surface area contributed by atoms with Crippen molar-refractivity contribution in [1.82, 2.24) is 4.98 Å². The Hall–Kier alpha value is -1.74. The molecule has 1 aromatic carbocycles. The Kier molecular flexibility index (Phi) is 3.49. The summed E-state index contributed by atoms with van der Waals surface area (Å²) in [6.45, 7) is 2.06. The molecule has 0 aliphatic carbocycles. The molecule has 1 unspecified atom stereocenters. The van der Waals surface area contributed by atoms with Gasteiger partial charge >= 0.3 is 0 Å². The topological polar surface area (TPSA) is 50.9 Å². The van der Waals surface area contributed by atoms with Crippen LogP contribution in [0, 0.1) is 0 Å². The van der Waals surface area contributed by atoms with Gasteiger partial charge in [-0.15, -0.1) is 0 Å². The van der Waals surface area contributed by atoms with Crippen LogP contribution in [-0.4, -0.2) is 4.98 Å². The number of pyridine rings is 1. The zero-order valence-electron chi connectivity index (χ0n) is 9.52. The smallest absolute Gasteiger partial charge is 0.128 e. The number of benzene rings is 1. The maximum atomic E-state index is 5.85. The van der Waals surface area contributed by atoms with Gasteiger partial charge < -0.3 is 11.1 Å². The van der Waals surface area contributed by atoms with Crippen molar-refractivity contribution in [2.45, 2.75) is 13.0 Å². The number of nitrogen functional groups attached to an aromatic ring is 1. The standard InChI is InChI=1S/C13H14ClN3/c1-9(10-5-7-11(14)8-6-10)16-13-4-2-3-12(15)17-13/h2-9H,1H3,(H3,15,16,17). The van der Waals surface area contributed by atoms with Crippen LogP contribution in [0.1, 0.15) is 18.5 Å². The lowest BCUT2D eigenvalue weighted by molar-refractivity contribution is 0.875. The summed E-state index contributed by atoms with van der Waals surface area (Å²) in [5.41, 5.74) is 6.78. The van der Waals surface area contributed by atoms with Gasteiger partial charge in [0, 0.05) is 11.1 Å². The van der Waals surface area contributed by atoms with Gasteiger partial charge in [0.25, 0.3) is 0 Å². The third-order valence-corrected chi connectivity index (χ3v) is 2.76. The molecule has 88 valence electrons. The van der Waals surface area contributed by atoms with Crippen molar-refractivity contribution in [2.75, 3.05) is 11.1 Å². The molecule has 0 amide bonds. The molecule has 1 atom stereocenters. The van der Waals surface area contributed by atoms with Crippen LogP contribution in [-0.2, 0) is 0 Å². The van der Waals surface area contributed by atoms with Crippen LogP contribution in [0.5, 0.6) is 0 Å². The first-order valence-electron chi connectivity index (χ1n) is 5.39. The van der Waals surface area contributed by atoms with E-state index in [1.807, 2.05) is 36.4 Å². The van der Waals surface area contributed by atoms with Crippen LogP contribution in [0.3, 0.4) is 0 Å². The molecular weight excluding hydrogens is 234 g/mol. The van der Waals surface area contributed by atoms with E-state index < -0.39 is 0 Å². The highest BCUT2D eigenvalue weighted by molar-refractivity contribution is 6.30. The van der Waals surface area contributed by atoms with Gasteiger partial charge in [-0.25, -0.2) is 4.98 Å². The van der Waals surface area contributed by atoms with Gasteiger partial charge in [-0.3, -0.25) is 0 Å². The summed E-state index contributed by atoms with van der Waals surface area (Å²) in [6.07, 6.45) is 0. The molecule has 0 spiro atoms. The van der Waals surface area contributed by atoms with Gasteiger partial charge in [0.2, 0.25) is 0 Å². The fraction of sp³-hybridized carbons (Fsp3) is 0.154. The molecule has 0 bridgehead atoms. The quantitative estimate of drug-likeness (QED) is 0.873. The second kappa shape index (κ2) is 5.06. The van der Waals surface area contributed by atoms with E-state index in [-0.39, 0.29) is 6.04 Å². The van der Waals surface area contributed by atoms with Crippen LogP contribution >= 0.6 is 11.6 Å². The number of anilines is 2. The van der Waals surface area contributed by atoms with Crippen molar-refractivity contribution in [3.05, 3.63) is 53.1 Å². The monoisotopic (exact) mass is 247 g/mol. The summed E-state index contributed by atoms with van der Waals surface area (Å²) >= 11 is 5.85. The highest BCUT2D eigenvalue weighted by atomic mass is 35.5. The Bertz CT molecular complexity index is 496. The van der Waals surface area contributed by atoms with E-state index in [2.05, 4.69) is 17.2 Å². The average molecular weight is 248 g/mol. The number of nitrogens with zero attached hydrogens (tertiary/aromatic N) is 1. The number of nitrogens with two attached hydrogens (primary N) is 1. The van der Waals surface area contributed by atoms with E-state index in [1.54, 1.807) is 6.07 Å². The van der Waals surface area contributed by atoms with E-state index >= 15 is 0 Å². The third kappa shape index (κ3) is 3.11. The van der Waals surface area contributed by atoms with E-state index in [9.17, 15) is 0 Å². The van der Waals surface area contributed by atoms with Crippen LogP contribution < -0.4 is 11.1 Å². The fourth-order valence-corrected chi connectivity index (χ4v) is 1.71. The largest absolute Gasteiger partial charge is 0.384 e. The van der Waals surface area contributed by atoms with Crippen LogP contribution in [0.4, 0.5) is 11.6 Å². The molecule has 2 rings (SSSR count). The minimum Gasteiger partial charge on any atom is -0.384 e. The van der Waals surface area contributed by atoms with Gasteiger partial charge in [0.1, 0.15) is 11.6 Å². The lowest BCUT2D eigenvalue weighted by Crippen LogP contribution is -2.08. The first-order chi connectivity index (χ1) is 8.15. The Morgan fingerprint density at radius 1 is 1.18 bits per heavy atom. The van der Waals surface area contributed by atoms with Crippen molar-refractivity contribution in [3.63, 3.8) is 0 Å². The molecule has 0 radical (unpaired) electrons. The Morgan fingerprint density at radius 3 is 2.53 bits per heavy atom. The second-order valence-corrected chi connectivity index (χ2v) is 4.30. The van der Waals surface area contributed by atoms with Gasteiger partial charge in [-0.05, 0) is 36.8 Å². The molecule has 0 aliphatic heterocycles. The number of nitrogens with one attached hydrogen (secondary N) is 1. The van der Waals surface area contributed by atoms with Crippen LogP contribution in [0.25, 0.3) is 0 Å². The number of halogens is 1. The lowest BCUT2D eigenvalue weighted by Gasteiger charge is -2.15. The normalized spacial score (nSPS) is 12.1. The van der Waals surface area contributed by atoms with Crippen molar-refractivity contribution in [3.8, 4) is 0 Å². The first kappa shape index (κ1) is 11.7. The minimum absolute atomic E-state index is 0.154. The lowest BCUT2D eigenvalue weighted by atomic mass is 10.1. The summed E-state index contributed by atoms with van der Waals surface area (Å²) in [4.78, 5) is 4.20. The zero-order valence-corrected chi connectivity index (χ0v) is 10.3. The number of aromatic nitrogens is 1. The minimum atomic E-state index is 0.154. The Labute approximate surface area is 106 Å². The molecule has 17 heavy (non-hydrogen) atoms. The summed E-state index contributed by atoms with van der Waals surface area (Å²) in [5.74, 6) is 1.28. The van der Waals surface area contributed by atoms with E-state index in [0.717, 1.165) is 16.4 Å². The highest BCUT2D eigenvalue weighted by Crippen LogP contribution is 2.20. The van der Waals surface area contributed by atoms with Gasteiger partial charge in [-0.1, -0.05) is 29.8 Å². The molecule has 1 aromatic heterocycles. The number of hydrogen-bond donors (Lipinski definition) is 2. The first-order valence-corrected chi connectivity index (χ1v) is 5.77. The van der Waals surface area contributed by atoms with Crippen LogP contribution in [0.15, 0.2) is 42.5 Å². The molecule has 0 saturated heterocycles. The van der Waals surface area contributed by atoms with Gasteiger partial charge in [-0.2, -0.15) is 0 Å². The Balaban J connectivity index is 2.11. The number of hydrogen-bond acceptors (Lipinski definition) is 3. The van der Waals surface area contributed by atoms with E-state index in [1.165, 1.54) is 0 Å². The predicted octanol–water partition coefficient (Wildman–Crippen LogP) is 3.49. The summed E-state index contributed by atoms with van der Waals surface area (Å²) in [7, 11) is 0.